The standard InChI is InChI=1S/C17H14ClFN4O3S2.C13H11ClFN3O4S.C12H9ClFN3O4S.C7H7BrN2O2.C7H9N3O2.C7H8N2O2.C6H3Cl2FO2S.C4H6N2S/c18-14-5-13(2-3-15(14)19)28(25,26)23-7-11-6-22-16(9-21-11)17(24)4-1-12-8-20-10-27-12;1-22-13(19)12-7-16-8(5-17-12)6-18-23(20,21)9-2-3-11(15)10(14)4-9;13-9-3-8(1-2-10(9)14)22(20,21)17-5-7-4-16-11(6-15-7)12(18)19;2*1-12-7(11)6-4-9-5(2-8)3-10-6;1-5-3-9-6(4-8-5)7(10)11-2;7-5-3-4(12(8,10)11)1-2-6(5)9;5-1-4-2-6-3-7-4/h2-3,5-6,8-10,23H,1,4,7H2;2-5,7,18H,6H2,1H3;1-4,6,17H,5H2,(H,18,19);3-4H,2H2,1H3;3-4H,2,8H2,1H3;3-4H,1-2H3;1-3H;2-3H,1,5H2. The molecule has 0 bridgehead atoms. The van der Waals surface area contributed by atoms with Crippen LogP contribution in [0.4, 0.5) is 17.6 Å². The third kappa shape index (κ3) is 36.6. The zero-order valence-corrected chi connectivity index (χ0v) is 76.0. The second-order valence-electron chi connectivity index (χ2n) is 23.4. The number of aromatic carboxylic acids is 1. The third-order valence-electron chi connectivity index (χ3n) is 14.6. The molecule has 0 saturated heterocycles. The van der Waals surface area contributed by atoms with E-state index in [0.717, 1.165) is 106 Å². The Hall–Kier alpha value is -11.1. The van der Waals surface area contributed by atoms with Crippen molar-refractivity contribution in [3.8, 4) is 0 Å². The molecule has 0 radical (unpaired) electrons. The number of ketones is 1. The molecule has 12 rings (SSSR count). The van der Waals surface area contributed by atoms with Gasteiger partial charge in [0.15, 0.2) is 34.3 Å². The number of Topliss-reactive ketones (excluding diaryl/α,β-unsaturated/α-hetero) is 1. The number of aryl methyl sites for hydroxylation is 2. The Kier molecular flexibility index (Phi) is 44.3. The molecule has 0 atom stereocenters. The highest BCUT2D eigenvalue weighted by Gasteiger charge is 2.22. The molecule has 8 heterocycles. The average Bonchev–Trinajstić information content (AvgIpc) is 1.71. The second-order valence-corrected chi connectivity index (χ2v) is 35.4. The van der Waals surface area contributed by atoms with Gasteiger partial charge in [-0.1, -0.05) is 62.3 Å². The summed E-state index contributed by atoms with van der Waals surface area (Å²) in [5.41, 5.74) is 17.7. The SMILES string of the molecule is COC(=O)c1cnc(C)cn1.COC(=O)c1cnc(CBr)cn1.COC(=O)c1cnc(CN)cn1.COC(=O)c1cnc(CNS(=O)(=O)c2ccc(F)c(Cl)c2)cn1.NCc1cncs1.O=C(CCc1cncs1)c1cnc(CNS(=O)(=O)c2ccc(F)c(Cl)c2)cn1.O=C(O)c1cnc(CNS(=O)(=O)c2ccc(F)c(Cl)c2)cn1.O=S(=O)(Cl)c1ccc(F)c(Cl)c1. The summed E-state index contributed by atoms with van der Waals surface area (Å²) >= 11 is 28.3. The lowest BCUT2D eigenvalue weighted by Crippen LogP contribution is -2.24. The fourth-order valence-corrected chi connectivity index (χ4v) is 14.3. The zero-order chi connectivity index (χ0) is 94.2. The molecular weight excluding hydrogens is 1970 g/mol. The molecule has 0 aliphatic heterocycles. The summed E-state index contributed by atoms with van der Waals surface area (Å²) in [5, 5.41) is 8.14. The topological polar surface area (TPSA) is 565 Å². The van der Waals surface area contributed by atoms with Crippen LogP contribution in [0.2, 0.25) is 20.1 Å². The second kappa shape index (κ2) is 52.9. The minimum Gasteiger partial charge on any atom is -0.476 e. The van der Waals surface area contributed by atoms with Gasteiger partial charge in [0.2, 0.25) is 30.1 Å². The number of methoxy groups -OCH3 is 4. The largest absolute Gasteiger partial charge is 0.476 e. The van der Waals surface area contributed by atoms with Gasteiger partial charge < -0.3 is 35.5 Å². The van der Waals surface area contributed by atoms with E-state index in [1.807, 2.05) is 0 Å². The van der Waals surface area contributed by atoms with E-state index in [-0.39, 0.29) is 117 Å². The van der Waals surface area contributed by atoms with Crippen molar-refractivity contribution < 1.29 is 104 Å². The lowest BCUT2D eigenvalue weighted by atomic mass is 10.1. The van der Waals surface area contributed by atoms with E-state index in [4.69, 9.17) is 73.7 Å². The van der Waals surface area contributed by atoms with Crippen LogP contribution >= 0.6 is 95.7 Å². The van der Waals surface area contributed by atoms with Gasteiger partial charge in [-0.15, -0.1) is 22.7 Å². The average molecular weight is 2040 g/mol. The zero-order valence-electron chi connectivity index (χ0n) is 65.8. The van der Waals surface area contributed by atoms with Gasteiger partial charge in [0.1, 0.15) is 29.0 Å². The van der Waals surface area contributed by atoms with E-state index in [0.29, 0.717) is 36.2 Å². The monoisotopic (exact) mass is 2040 g/mol. The number of rotatable bonds is 25. The molecule has 0 aliphatic carbocycles. The first-order chi connectivity index (χ1) is 60.1. The van der Waals surface area contributed by atoms with Gasteiger partial charge in [0.25, 0.3) is 9.05 Å². The van der Waals surface area contributed by atoms with Gasteiger partial charge in [0.05, 0.1) is 201 Å². The number of nitrogens with zero attached hydrogens (tertiary/aromatic N) is 14. The number of esters is 4. The highest BCUT2D eigenvalue weighted by molar-refractivity contribution is 9.08. The van der Waals surface area contributed by atoms with Crippen LogP contribution in [0.3, 0.4) is 0 Å². The summed E-state index contributed by atoms with van der Waals surface area (Å²) in [7, 11) is -5.43. The first kappa shape index (κ1) is 106. The molecule has 0 unspecified atom stereocenters. The molecule has 0 fully saturated rings. The highest BCUT2D eigenvalue weighted by atomic mass is 79.9. The molecule has 4 aromatic carbocycles. The quantitative estimate of drug-likeness (QED) is 0.00773. The highest BCUT2D eigenvalue weighted by Crippen LogP contribution is 2.25. The summed E-state index contributed by atoms with van der Waals surface area (Å²) < 4.78 is 170. The van der Waals surface area contributed by atoms with E-state index in [2.05, 4.69) is 119 Å². The number of halogens is 10. The van der Waals surface area contributed by atoms with Crippen molar-refractivity contribution in [2.45, 2.75) is 77.4 Å². The lowest BCUT2D eigenvalue weighted by Gasteiger charge is -2.07. The number of sulfonamides is 3. The number of ether oxygens (including phenoxy) is 4. The smallest absolute Gasteiger partial charge is 0.358 e. The van der Waals surface area contributed by atoms with E-state index in [1.54, 1.807) is 41.7 Å². The maximum absolute atomic E-state index is 13.2. The number of nitrogens with one attached hydrogen (secondary N) is 3. The third-order valence-corrected chi connectivity index (χ3v) is 23.5. The number of carbonyl (C=O) groups excluding carboxylic acids is 5. The Balaban J connectivity index is 0.000000266. The Morgan fingerprint density at radius 1 is 0.409 bits per heavy atom. The molecule has 0 saturated carbocycles. The van der Waals surface area contributed by atoms with Gasteiger partial charge >= 0.3 is 29.8 Å². The van der Waals surface area contributed by atoms with Crippen molar-refractivity contribution in [2.75, 3.05) is 28.4 Å². The summed E-state index contributed by atoms with van der Waals surface area (Å²) in [5.74, 6) is -6.29. The van der Waals surface area contributed by atoms with Crippen LogP contribution in [-0.2, 0) is 103 Å². The molecule has 0 aliphatic rings. The predicted molar refractivity (Wildman–Crippen MR) is 455 cm³/mol. The number of carbonyl (C=O) groups is 6. The molecule has 12 aromatic rings. The summed E-state index contributed by atoms with van der Waals surface area (Å²) in [6, 6.07) is 12.1. The summed E-state index contributed by atoms with van der Waals surface area (Å²) in [6.45, 7) is 2.23. The van der Waals surface area contributed by atoms with E-state index >= 15 is 0 Å². The van der Waals surface area contributed by atoms with Crippen molar-refractivity contribution in [3.63, 3.8) is 0 Å². The molecule has 38 nitrogen and oxygen atoms in total. The van der Waals surface area contributed by atoms with Gasteiger partial charge in [-0.25, -0.2) is 119 Å². The fraction of sp³-hybridized carbons (Fsp3) is 0.178. The van der Waals surface area contributed by atoms with Gasteiger partial charge in [-0.05, 0) is 86.1 Å². The van der Waals surface area contributed by atoms with E-state index in [9.17, 15) is 80.0 Å². The Morgan fingerprint density at radius 3 is 0.984 bits per heavy atom. The van der Waals surface area contributed by atoms with E-state index < -0.39 is 92.2 Å². The van der Waals surface area contributed by atoms with Gasteiger partial charge in [-0.3, -0.25) is 44.7 Å². The van der Waals surface area contributed by atoms with Crippen LogP contribution in [-0.4, -0.2) is 173 Å². The van der Waals surface area contributed by atoms with Gasteiger partial charge in [0, 0.05) is 63.9 Å². The van der Waals surface area contributed by atoms with Gasteiger partial charge in [-0.2, -0.15) is 0 Å². The van der Waals surface area contributed by atoms with Crippen LogP contribution in [0.1, 0.15) is 113 Å². The molecule has 0 amide bonds. The predicted octanol–water partition coefficient (Wildman–Crippen LogP) is 10.5. The van der Waals surface area contributed by atoms with Crippen molar-refractivity contribution in [3.05, 3.63) is 292 Å². The fourth-order valence-electron chi connectivity index (χ4n) is 8.10. The number of benzene rings is 4. The number of nitrogens with two attached hydrogens (primary N) is 2. The number of hydrogen-bond acceptors (Lipinski definition) is 36. The van der Waals surface area contributed by atoms with Crippen LogP contribution in [0.15, 0.2) is 190 Å². The normalized spacial score (nSPS) is 10.7. The van der Waals surface area contributed by atoms with Crippen LogP contribution in [0, 0.1) is 30.2 Å². The van der Waals surface area contributed by atoms with E-state index in [1.165, 1.54) is 102 Å². The number of alkyl halides is 1. The van der Waals surface area contributed by atoms with Crippen molar-refractivity contribution in [2.24, 2.45) is 11.5 Å². The maximum atomic E-state index is 13.2. The first-order valence-corrected chi connectivity index (χ1v) is 45.6. The minimum atomic E-state index is -3.91. The van der Waals surface area contributed by atoms with Crippen molar-refractivity contribution in [1.82, 2.24) is 83.9 Å². The van der Waals surface area contributed by atoms with Crippen LogP contribution in [0.25, 0.3) is 0 Å². The molecular formula is C73H67BrCl5F4N19O19S6. The Labute approximate surface area is 761 Å². The minimum absolute atomic E-state index is 0.00410. The summed E-state index contributed by atoms with van der Waals surface area (Å²) in [6.07, 6.45) is 20.2. The molecule has 8 N–H and O–H groups in total. The Bertz CT molecular complexity index is 6100. The molecule has 8 aromatic heterocycles. The van der Waals surface area contributed by atoms with Crippen molar-refractivity contribution >= 4 is 170 Å². The number of carboxylic acid groups (broad SMARTS) is 1. The molecule has 127 heavy (non-hydrogen) atoms. The lowest BCUT2D eigenvalue weighted by molar-refractivity contribution is 0.0584. The van der Waals surface area contributed by atoms with Crippen molar-refractivity contribution in [1.29, 1.82) is 0 Å². The Morgan fingerprint density at radius 2 is 0.717 bits per heavy atom. The first-order valence-electron chi connectivity index (χ1n) is 34.5. The maximum Gasteiger partial charge on any atom is 0.358 e. The number of thiazole rings is 2. The summed E-state index contributed by atoms with van der Waals surface area (Å²) in [4.78, 5) is 122. The molecule has 674 valence electrons. The molecule has 54 heteroatoms. The number of hydrogen-bond donors (Lipinski definition) is 6. The number of aromatic nitrogens is 14. The van der Waals surface area contributed by atoms with Crippen LogP contribution < -0.4 is 25.6 Å². The number of carboxylic acids is 1. The molecule has 0 spiro atoms. The van der Waals surface area contributed by atoms with Crippen LogP contribution in [0.5, 0.6) is 0 Å².